The van der Waals surface area contributed by atoms with E-state index in [0.29, 0.717) is 0 Å². The van der Waals surface area contributed by atoms with E-state index in [0.717, 1.165) is 0 Å². The van der Waals surface area contributed by atoms with E-state index in [1.165, 1.54) is 116 Å². The van der Waals surface area contributed by atoms with Gasteiger partial charge in [-0.25, -0.2) is 0 Å². The van der Waals surface area contributed by atoms with E-state index in [1.807, 2.05) is 0 Å². The van der Waals surface area contributed by atoms with Crippen LogP contribution in [-0.2, 0) is 38.5 Å². The molecule has 2 aromatic rings. The molecule has 0 heteroatoms. The molecule has 4 rings (SSSR count). The van der Waals surface area contributed by atoms with Gasteiger partial charge in [0.15, 0.2) is 0 Å². The Balaban J connectivity index is 1.57. The monoisotopic (exact) mass is 402 g/mol. The molecule has 30 heavy (non-hydrogen) atoms. The minimum Gasteiger partial charge on any atom is -0.0588 e. The van der Waals surface area contributed by atoms with Crippen molar-refractivity contribution in [2.45, 2.75) is 116 Å². The molecule has 2 aliphatic rings. The summed E-state index contributed by atoms with van der Waals surface area (Å²) in [6.45, 7) is 0. The summed E-state index contributed by atoms with van der Waals surface area (Å²) in [6, 6.07) is 15.0. The van der Waals surface area contributed by atoms with Gasteiger partial charge in [-0.1, -0.05) is 74.9 Å². The summed E-state index contributed by atoms with van der Waals surface area (Å²) in [5.74, 6) is 0. The van der Waals surface area contributed by atoms with Gasteiger partial charge in [-0.05, 0) is 110 Å². The highest BCUT2D eigenvalue weighted by molar-refractivity contribution is 5.34. The van der Waals surface area contributed by atoms with Crippen molar-refractivity contribution in [3.05, 3.63) is 69.8 Å². The van der Waals surface area contributed by atoms with E-state index < -0.39 is 0 Å². The molecule has 0 aliphatic heterocycles. The molecule has 0 heterocycles. The third-order valence-corrected chi connectivity index (χ3v) is 7.51. The van der Waals surface area contributed by atoms with E-state index in [-0.39, 0.29) is 0 Å². The van der Waals surface area contributed by atoms with Crippen LogP contribution in [0.25, 0.3) is 0 Å². The Morgan fingerprint density at radius 2 is 0.633 bits per heavy atom. The fourth-order valence-electron chi connectivity index (χ4n) is 5.60. The molecular weight excluding hydrogens is 360 g/mol. The number of hydrogen-bond donors (Lipinski definition) is 0. The average Bonchev–Trinajstić information content (AvgIpc) is 2.76. The topological polar surface area (TPSA) is 0 Å². The molecule has 2 aromatic carbocycles. The normalized spacial score (nSPS) is 19.6. The van der Waals surface area contributed by atoms with Crippen molar-refractivity contribution in [1.29, 1.82) is 0 Å². The molecule has 4 bridgehead atoms. The van der Waals surface area contributed by atoms with Crippen LogP contribution in [0.3, 0.4) is 0 Å². The van der Waals surface area contributed by atoms with Crippen molar-refractivity contribution < 1.29 is 0 Å². The van der Waals surface area contributed by atoms with Crippen molar-refractivity contribution in [1.82, 2.24) is 0 Å². The van der Waals surface area contributed by atoms with Crippen LogP contribution in [0.4, 0.5) is 0 Å². The van der Waals surface area contributed by atoms with Crippen molar-refractivity contribution in [3.8, 4) is 0 Å². The second kappa shape index (κ2) is 11.7. The molecular formula is C30H42. The zero-order valence-corrected chi connectivity index (χ0v) is 19.2. The van der Waals surface area contributed by atoms with Crippen LogP contribution in [0.15, 0.2) is 36.4 Å². The molecule has 0 amide bonds. The van der Waals surface area contributed by atoms with Gasteiger partial charge in [-0.2, -0.15) is 0 Å². The maximum Gasteiger partial charge on any atom is -0.0276 e. The van der Waals surface area contributed by atoms with Gasteiger partial charge < -0.3 is 0 Å². The lowest BCUT2D eigenvalue weighted by Crippen LogP contribution is -2.01. The van der Waals surface area contributed by atoms with E-state index in [4.69, 9.17) is 0 Å². The lowest BCUT2D eigenvalue weighted by Gasteiger charge is -2.15. The number of benzene rings is 2. The van der Waals surface area contributed by atoms with Crippen LogP contribution in [0.2, 0.25) is 0 Å². The molecule has 0 atom stereocenters. The number of hydrogen-bond acceptors (Lipinski definition) is 0. The zero-order chi connectivity index (χ0) is 20.4. The summed E-state index contributed by atoms with van der Waals surface area (Å²) in [4.78, 5) is 0. The lowest BCUT2D eigenvalue weighted by atomic mass is 9.90. The zero-order valence-electron chi connectivity index (χ0n) is 19.2. The van der Waals surface area contributed by atoms with Gasteiger partial charge in [0.1, 0.15) is 0 Å². The Morgan fingerprint density at radius 1 is 0.300 bits per heavy atom. The summed E-state index contributed by atoms with van der Waals surface area (Å²) in [5, 5.41) is 0. The second-order valence-corrected chi connectivity index (χ2v) is 9.95. The fourth-order valence-corrected chi connectivity index (χ4v) is 5.60. The molecule has 2 aliphatic carbocycles. The highest BCUT2D eigenvalue weighted by Gasteiger charge is 2.09. The molecule has 0 fully saturated rings. The summed E-state index contributed by atoms with van der Waals surface area (Å²) in [6.07, 6.45) is 24.1. The van der Waals surface area contributed by atoms with E-state index in [1.54, 1.807) is 33.4 Å². The van der Waals surface area contributed by atoms with E-state index in [9.17, 15) is 0 Å². The van der Waals surface area contributed by atoms with Crippen LogP contribution in [0.5, 0.6) is 0 Å². The van der Waals surface area contributed by atoms with Crippen LogP contribution >= 0.6 is 0 Å². The minimum absolute atomic E-state index is 1.27. The number of fused-ring (bicyclic) bond motifs is 7. The third-order valence-electron chi connectivity index (χ3n) is 7.51. The Hall–Kier alpha value is -1.56. The molecule has 0 nitrogen and oxygen atoms in total. The maximum absolute atomic E-state index is 2.58. The van der Waals surface area contributed by atoms with Gasteiger partial charge in [0, 0.05) is 0 Å². The quantitative estimate of drug-likeness (QED) is 0.415. The summed E-state index contributed by atoms with van der Waals surface area (Å²) >= 11 is 0. The van der Waals surface area contributed by atoms with Crippen LogP contribution in [-0.4, -0.2) is 0 Å². The molecule has 0 spiro atoms. The fraction of sp³-hybridized carbons (Fsp3) is 0.600. The highest BCUT2D eigenvalue weighted by atomic mass is 14.1. The first-order chi connectivity index (χ1) is 14.9. The number of aryl methyl sites for hydroxylation is 6. The predicted octanol–water partition coefficient (Wildman–Crippen LogP) is 8.35. The van der Waals surface area contributed by atoms with Gasteiger partial charge in [-0.15, -0.1) is 0 Å². The molecule has 0 radical (unpaired) electrons. The van der Waals surface area contributed by atoms with Crippen LogP contribution in [0.1, 0.15) is 110 Å². The van der Waals surface area contributed by atoms with E-state index >= 15 is 0 Å². The lowest BCUT2D eigenvalue weighted by molar-refractivity contribution is 0.613. The van der Waals surface area contributed by atoms with Gasteiger partial charge in [-0.3, -0.25) is 0 Å². The smallest absolute Gasteiger partial charge is 0.0276 e. The Labute approximate surface area is 185 Å². The SMILES string of the molecule is c1cc2c3cc1CCCCCCc1ccc(c(c1)CCCCCC3)CCCCCC2. The maximum atomic E-state index is 2.58. The van der Waals surface area contributed by atoms with Gasteiger partial charge in [0.05, 0.1) is 0 Å². The van der Waals surface area contributed by atoms with Gasteiger partial charge in [0.25, 0.3) is 0 Å². The first-order valence-electron chi connectivity index (χ1n) is 13.1. The summed E-state index contributed by atoms with van der Waals surface area (Å²) < 4.78 is 0. The van der Waals surface area contributed by atoms with Crippen molar-refractivity contribution in [2.75, 3.05) is 0 Å². The molecule has 0 saturated carbocycles. The molecule has 0 aromatic heterocycles. The third kappa shape index (κ3) is 6.47. The molecule has 0 saturated heterocycles. The first-order valence-corrected chi connectivity index (χ1v) is 13.1. The largest absolute Gasteiger partial charge is 0.0588 e. The van der Waals surface area contributed by atoms with Crippen molar-refractivity contribution >= 4 is 0 Å². The molecule has 0 unspecified atom stereocenters. The standard InChI is InChI=1S/C30H42/c1-2-8-14-26-20-22-28-16-10-4-3-9-15-27-21-19-25(13-7-1)23-29(27)17-11-5-6-12-18-30(28)24-26/h19-24H,1-18H2. The second-order valence-electron chi connectivity index (χ2n) is 9.95. The van der Waals surface area contributed by atoms with Crippen LogP contribution < -0.4 is 0 Å². The van der Waals surface area contributed by atoms with E-state index in [2.05, 4.69) is 36.4 Å². The minimum atomic E-state index is 1.27. The average molecular weight is 403 g/mol. The van der Waals surface area contributed by atoms with Gasteiger partial charge in [0.2, 0.25) is 0 Å². The summed E-state index contributed by atoms with van der Waals surface area (Å²) in [7, 11) is 0. The van der Waals surface area contributed by atoms with Crippen molar-refractivity contribution in [2.24, 2.45) is 0 Å². The Bertz CT molecular complexity index is 717. The molecule has 162 valence electrons. The summed E-state index contributed by atoms with van der Waals surface area (Å²) in [5.41, 5.74) is 9.83. The Kier molecular flexibility index (Phi) is 8.47. The Morgan fingerprint density at radius 3 is 1.03 bits per heavy atom. The number of rotatable bonds is 0. The predicted molar refractivity (Wildman–Crippen MR) is 131 cm³/mol. The van der Waals surface area contributed by atoms with Crippen LogP contribution in [0, 0.1) is 0 Å². The molecule has 0 N–H and O–H groups in total. The highest BCUT2D eigenvalue weighted by Crippen LogP contribution is 2.24. The van der Waals surface area contributed by atoms with Gasteiger partial charge >= 0.3 is 0 Å². The van der Waals surface area contributed by atoms with Crippen molar-refractivity contribution in [3.63, 3.8) is 0 Å². The first kappa shape index (κ1) is 21.7.